The van der Waals surface area contributed by atoms with Crippen LogP contribution in [-0.2, 0) is 14.3 Å². The fourth-order valence-electron chi connectivity index (χ4n) is 3.79. The second kappa shape index (κ2) is 8.06. The van der Waals surface area contributed by atoms with Crippen LogP contribution in [0.1, 0.15) is 65.7 Å². The van der Waals surface area contributed by atoms with Gasteiger partial charge < -0.3 is 20.7 Å². The number of alkyl carbamates (subject to hydrolysis) is 1. The standard InChI is InChI=1S/C18H31N3O4/c1-18(2,3)25-17(24)20-14(12-8-5-4-6-9-12)16(23)21-11-7-10-13(21)15(19)22/h12-14H,4-11H2,1-3H3,(H2,19,22)(H,20,24)/t13-,14-/m0/s1. The number of carbonyl (C=O) groups excluding carboxylic acids is 3. The van der Waals surface area contributed by atoms with Gasteiger partial charge in [-0.25, -0.2) is 4.79 Å². The van der Waals surface area contributed by atoms with Gasteiger partial charge in [-0.3, -0.25) is 9.59 Å². The van der Waals surface area contributed by atoms with E-state index in [1.165, 1.54) is 0 Å². The van der Waals surface area contributed by atoms with Crippen molar-refractivity contribution in [1.29, 1.82) is 0 Å². The first-order chi connectivity index (χ1) is 11.7. The lowest BCUT2D eigenvalue weighted by Crippen LogP contribution is -2.56. The van der Waals surface area contributed by atoms with Gasteiger partial charge in [0, 0.05) is 6.54 Å². The van der Waals surface area contributed by atoms with Crippen LogP contribution in [-0.4, -0.2) is 47.0 Å². The monoisotopic (exact) mass is 353 g/mol. The lowest BCUT2D eigenvalue weighted by molar-refractivity contribution is -0.140. The molecule has 1 aliphatic heterocycles. The number of nitrogens with two attached hydrogens (primary N) is 1. The van der Waals surface area contributed by atoms with Crippen molar-refractivity contribution in [2.45, 2.75) is 83.4 Å². The Balaban J connectivity index is 2.14. The molecule has 25 heavy (non-hydrogen) atoms. The second-order valence-electron chi connectivity index (χ2n) is 8.11. The Morgan fingerprint density at radius 3 is 2.28 bits per heavy atom. The maximum Gasteiger partial charge on any atom is 0.408 e. The number of primary amides is 1. The number of carbonyl (C=O) groups is 3. The van der Waals surface area contributed by atoms with E-state index in [1.807, 2.05) is 0 Å². The second-order valence-corrected chi connectivity index (χ2v) is 8.11. The predicted molar refractivity (Wildman–Crippen MR) is 93.7 cm³/mol. The van der Waals surface area contributed by atoms with Crippen molar-refractivity contribution in [1.82, 2.24) is 10.2 Å². The Morgan fingerprint density at radius 2 is 1.72 bits per heavy atom. The maximum absolute atomic E-state index is 13.1. The molecule has 1 aliphatic carbocycles. The largest absolute Gasteiger partial charge is 0.444 e. The fourth-order valence-corrected chi connectivity index (χ4v) is 3.79. The number of ether oxygens (including phenoxy) is 1. The minimum absolute atomic E-state index is 0.0721. The molecule has 0 aromatic rings. The molecule has 2 atom stereocenters. The summed E-state index contributed by atoms with van der Waals surface area (Å²) in [5, 5.41) is 2.77. The van der Waals surface area contributed by atoms with Crippen molar-refractivity contribution in [2.75, 3.05) is 6.54 Å². The Kier molecular flexibility index (Phi) is 6.30. The van der Waals surface area contributed by atoms with Crippen molar-refractivity contribution < 1.29 is 19.1 Å². The third kappa shape index (κ3) is 5.34. The molecule has 3 amide bonds. The number of amides is 3. The average molecular weight is 353 g/mol. The van der Waals surface area contributed by atoms with Crippen LogP contribution in [0.4, 0.5) is 4.79 Å². The molecule has 7 heteroatoms. The molecule has 1 saturated carbocycles. The van der Waals surface area contributed by atoms with Gasteiger partial charge in [-0.05, 0) is 52.4 Å². The molecular formula is C18H31N3O4. The van der Waals surface area contributed by atoms with Crippen LogP contribution in [0.2, 0.25) is 0 Å². The first kappa shape index (κ1) is 19.5. The number of rotatable bonds is 4. The van der Waals surface area contributed by atoms with Crippen molar-refractivity contribution in [3.8, 4) is 0 Å². The smallest absolute Gasteiger partial charge is 0.408 e. The van der Waals surface area contributed by atoms with E-state index >= 15 is 0 Å². The summed E-state index contributed by atoms with van der Waals surface area (Å²) in [6.07, 6.45) is 5.77. The molecule has 7 nitrogen and oxygen atoms in total. The molecule has 142 valence electrons. The summed E-state index contributed by atoms with van der Waals surface area (Å²) < 4.78 is 5.33. The number of likely N-dealkylation sites (tertiary alicyclic amines) is 1. The van der Waals surface area contributed by atoms with Gasteiger partial charge in [0.1, 0.15) is 17.7 Å². The van der Waals surface area contributed by atoms with Crippen LogP contribution in [0.3, 0.4) is 0 Å². The van der Waals surface area contributed by atoms with Gasteiger partial charge in [0.05, 0.1) is 0 Å². The van der Waals surface area contributed by atoms with Crippen LogP contribution >= 0.6 is 0 Å². The topological polar surface area (TPSA) is 102 Å². The molecule has 2 rings (SSSR count). The van der Waals surface area contributed by atoms with Gasteiger partial charge in [-0.1, -0.05) is 19.3 Å². The number of nitrogens with one attached hydrogen (secondary N) is 1. The fraction of sp³-hybridized carbons (Fsp3) is 0.833. The average Bonchev–Trinajstić information content (AvgIpc) is 3.01. The summed E-state index contributed by atoms with van der Waals surface area (Å²) >= 11 is 0. The predicted octanol–water partition coefficient (Wildman–Crippen LogP) is 1.94. The molecule has 3 N–H and O–H groups in total. The van der Waals surface area contributed by atoms with E-state index in [9.17, 15) is 14.4 Å². The number of nitrogens with zero attached hydrogens (tertiary/aromatic N) is 1. The molecule has 2 aliphatic rings. The highest BCUT2D eigenvalue weighted by Gasteiger charge is 2.40. The zero-order valence-electron chi connectivity index (χ0n) is 15.5. The molecule has 0 bridgehead atoms. The molecule has 0 aromatic heterocycles. The van der Waals surface area contributed by atoms with Crippen LogP contribution in [0.5, 0.6) is 0 Å². The third-order valence-electron chi connectivity index (χ3n) is 4.92. The number of hydrogen-bond acceptors (Lipinski definition) is 4. The van der Waals surface area contributed by atoms with Crippen LogP contribution in [0.25, 0.3) is 0 Å². The molecule has 1 heterocycles. The Morgan fingerprint density at radius 1 is 1.08 bits per heavy atom. The highest BCUT2D eigenvalue weighted by atomic mass is 16.6. The highest BCUT2D eigenvalue weighted by molar-refractivity contribution is 5.91. The molecule has 0 spiro atoms. The van der Waals surface area contributed by atoms with E-state index in [0.717, 1.165) is 38.5 Å². The maximum atomic E-state index is 13.1. The van der Waals surface area contributed by atoms with Crippen molar-refractivity contribution >= 4 is 17.9 Å². The van der Waals surface area contributed by atoms with Crippen molar-refractivity contribution in [2.24, 2.45) is 11.7 Å². The van der Waals surface area contributed by atoms with E-state index in [-0.39, 0.29) is 11.8 Å². The minimum atomic E-state index is -0.657. The lowest BCUT2D eigenvalue weighted by Gasteiger charge is -2.34. The van der Waals surface area contributed by atoms with Crippen LogP contribution < -0.4 is 11.1 Å². The van der Waals surface area contributed by atoms with Crippen molar-refractivity contribution in [3.63, 3.8) is 0 Å². The minimum Gasteiger partial charge on any atom is -0.444 e. The molecule has 0 unspecified atom stereocenters. The molecule has 0 aromatic carbocycles. The van der Waals surface area contributed by atoms with E-state index in [1.54, 1.807) is 25.7 Å². The Labute approximate surface area is 149 Å². The number of hydrogen-bond donors (Lipinski definition) is 2. The first-order valence-corrected chi connectivity index (χ1v) is 9.28. The van der Waals surface area contributed by atoms with Gasteiger partial charge in [0.2, 0.25) is 11.8 Å². The summed E-state index contributed by atoms with van der Waals surface area (Å²) in [4.78, 5) is 38.5. The Hall–Kier alpha value is -1.79. The Bertz CT molecular complexity index is 509. The summed E-state index contributed by atoms with van der Waals surface area (Å²) in [7, 11) is 0. The molecule has 0 radical (unpaired) electrons. The summed E-state index contributed by atoms with van der Waals surface area (Å²) in [5.74, 6) is -0.618. The quantitative estimate of drug-likeness (QED) is 0.806. The van der Waals surface area contributed by atoms with Crippen LogP contribution in [0, 0.1) is 5.92 Å². The summed E-state index contributed by atoms with van der Waals surface area (Å²) in [5.41, 5.74) is 4.81. The van der Waals surface area contributed by atoms with Gasteiger partial charge >= 0.3 is 6.09 Å². The summed E-state index contributed by atoms with van der Waals surface area (Å²) in [6.45, 7) is 5.86. The summed E-state index contributed by atoms with van der Waals surface area (Å²) in [6, 6.07) is -1.23. The van der Waals surface area contributed by atoms with Gasteiger partial charge in [0.25, 0.3) is 0 Å². The zero-order chi connectivity index (χ0) is 18.6. The molecule has 1 saturated heterocycles. The molecule has 2 fully saturated rings. The van der Waals surface area contributed by atoms with E-state index in [4.69, 9.17) is 10.5 Å². The van der Waals surface area contributed by atoms with Crippen molar-refractivity contribution in [3.05, 3.63) is 0 Å². The van der Waals surface area contributed by atoms with Gasteiger partial charge in [-0.15, -0.1) is 0 Å². The van der Waals surface area contributed by atoms with Gasteiger partial charge in [-0.2, -0.15) is 0 Å². The van der Waals surface area contributed by atoms with Gasteiger partial charge in [0.15, 0.2) is 0 Å². The third-order valence-corrected chi connectivity index (χ3v) is 4.92. The van der Waals surface area contributed by atoms with E-state index in [0.29, 0.717) is 13.0 Å². The first-order valence-electron chi connectivity index (χ1n) is 9.28. The lowest BCUT2D eigenvalue weighted by atomic mass is 9.83. The SMILES string of the molecule is CC(C)(C)OC(=O)N[C@H](C(=O)N1CCC[C@H]1C(N)=O)C1CCCCC1. The van der Waals surface area contributed by atoms with E-state index < -0.39 is 29.7 Å². The van der Waals surface area contributed by atoms with Crippen LogP contribution in [0.15, 0.2) is 0 Å². The van der Waals surface area contributed by atoms with E-state index in [2.05, 4.69) is 5.32 Å². The molecular weight excluding hydrogens is 322 g/mol. The zero-order valence-corrected chi connectivity index (χ0v) is 15.5. The normalized spacial score (nSPS) is 23.2. The highest BCUT2D eigenvalue weighted by Crippen LogP contribution is 2.29.